The molecule has 0 amide bonds. The lowest BCUT2D eigenvalue weighted by molar-refractivity contribution is 0.824. The average molecular weight is 130 g/mol. The maximum absolute atomic E-state index is 3.98. The molecule has 2 heteroatoms. The molecule has 0 aromatic heterocycles. The molecule has 0 saturated heterocycles. The van der Waals surface area contributed by atoms with Crippen LogP contribution in [0.3, 0.4) is 0 Å². The fourth-order valence-corrected chi connectivity index (χ4v) is 0.294. The Morgan fingerprint density at radius 3 is 2.00 bits per heavy atom. The summed E-state index contributed by atoms with van der Waals surface area (Å²) in [5.41, 5.74) is 0. The second kappa shape index (κ2) is 6.53. The van der Waals surface area contributed by atoms with Crippen LogP contribution < -0.4 is 0 Å². The quantitative estimate of drug-likeness (QED) is 0.432. The molecule has 0 radical (unpaired) electrons. The van der Waals surface area contributed by atoms with Crippen molar-refractivity contribution < 1.29 is 5.48 Å². The smallest absolute Gasteiger partial charge is 0.00338 e. The molecule has 0 aliphatic rings. The van der Waals surface area contributed by atoms with Crippen molar-refractivity contribution in [1.29, 1.82) is 0 Å². The normalized spacial score (nSPS) is 9.38. The molecule has 46 valence electrons. The summed E-state index contributed by atoms with van der Waals surface area (Å²) >= 11 is 3.98. The third-order valence-corrected chi connectivity index (χ3v) is 0.829. The fourth-order valence-electron chi connectivity index (χ4n) is 0.189. The van der Waals surface area contributed by atoms with Gasteiger partial charge >= 0.3 is 0 Å². The molecular formula is C6H10OS. The predicted molar refractivity (Wildman–Crippen MR) is 41.1 cm³/mol. The van der Waals surface area contributed by atoms with Gasteiger partial charge in [-0.2, -0.15) is 0 Å². The van der Waals surface area contributed by atoms with Crippen molar-refractivity contribution >= 4 is 12.6 Å². The highest BCUT2D eigenvalue weighted by Crippen LogP contribution is 1.98. The van der Waals surface area contributed by atoms with E-state index in [1.54, 1.807) is 18.2 Å². The van der Waals surface area contributed by atoms with Crippen LogP contribution in [0.4, 0.5) is 0 Å². The van der Waals surface area contributed by atoms with Crippen molar-refractivity contribution in [2.24, 2.45) is 0 Å². The van der Waals surface area contributed by atoms with E-state index in [2.05, 4.69) is 25.8 Å². The van der Waals surface area contributed by atoms with E-state index in [1.807, 2.05) is 0 Å². The molecule has 0 aromatic carbocycles. The third-order valence-electron chi connectivity index (χ3n) is 0.498. The maximum atomic E-state index is 3.98. The zero-order chi connectivity index (χ0) is 5.70. The van der Waals surface area contributed by atoms with E-state index in [0.717, 1.165) is 4.91 Å². The fraction of sp³-hybridized carbons (Fsp3) is 0. The van der Waals surface area contributed by atoms with Gasteiger partial charge in [0, 0.05) is 4.91 Å². The van der Waals surface area contributed by atoms with Gasteiger partial charge < -0.3 is 5.48 Å². The summed E-state index contributed by atoms with van der Waals surface area (Å²) in [4.78, 5) is 0.843. The van der Waals surface area contributed by atoms with Crippen molar-refractivity contribution in [2.45, 2.75) is 0 Å². The molecule has 0 aliphatic carbocycles. The zero-order valence-corrected chi connectivity index (χ0v) is 5.49. The molecule has 0 heterocycles. The van der Waals surface area contributed by atoms with Crippen LogP contribution in [0.2, 0.25) is 0 Å². The lowest BCUT2D eigenvalue weighted by atomic mass is 10.5. The van der Waals surface area contributed by atoms with Crippen molar-refractivity contribution in [3.8, 4) is 0 Å². The maximum Gasteiger partial charge on any atom is 0.00338 e. The topological polar surface area (TPSA) is 31.5 Å². The van der Waals surface area contributed by atoms with Gasteiger partial charge in [0.1, 0.15) is 0 Å². The zero-order valence-electron chi connectivity index (χ0n) is 4.59. The van der Waals surface area contributed by atoms with Crippen LogP contribution in [0.25, 0.3) is 0 Å². The Hall–Kier alpha value is -0.470. The third kappa shape index (κ3) is 5.53. The highest BCUT2D eigenvalue weighted by atomic mass is 32.1. The lowest BCUT2D eigenvalue weighted by Gasteiger charge is -1.79. The largest absolute Gasteiger partial charge is 0.412 e. The minimum Gasteiger partial charge on any atom is -0.412 e. The standard InChI is InChI=1S/C6H8S.H2O/c1-3-5-6(7)4-2;/h3-5,7H,1-2H2;1H2/b6-5+;. The second-order valence-corrected chi connectivity index (χ2v) is 1.55. The molecule has 0 aromatic rings. The van der Waals surface area contributed by atoms with Gasteiger partial charge in [0.15, 0.2) is 0 Å². The first-order valence-electron chi connectivity index (χ1n) is 1.95. The lowest BCUT2D eigenvalue weighted by Crippen LogP contribution is -1.53. The van der Waals surface area contributed by atoms with Crippen LogP contribution in [-0.2, 0) is 0 Å². The van der Waals surface area contributed by atoms with Crippen LogP contribution in [-0.4, -0.2) is 5.48 Å². The van der Waals surface area contributed by atoms with Gasteiger partial charge in [-0.25, -0.2) is 0 Å². The minimum absolute atomic E-state index is 0. The number of thiol groups is 1. The van der Waals surface area contributed by atoms with Crippen molar-refractivity contribution in [3.05, 3.63) is 36.3 Å². The molecule has 2 N–H and O–H groups in total. The van der Waals surface area contributed by atoms with E-state index in [9.17, 15) is 0 Å². The van der Waals surface area contributed by atoms with E-state index in [4.69, 9.17) is 0 Å². The van der Waals surface area contributed by atoms with Crippen LogP contribution in [0.5, 0.6) is 0 Å². The van der Waals surface area contributed by atoms with Gasteiger partial charge in [0.05, 0.1) is 0 Å². The Bertz CT molecular complexity index is 105. The van der Waals surface area contributed by atoms with E-state index >= 15 is 0 Å². The van der Waals surface area contributed by atoms with Crippen molar-refractivity contribution in [3.63, 3.8) is 0 Å². The minimum atomic E-state index is 0. The second-order valence-electron chi connectivity index (χ2n) is 1.03. The molecule has 0 saturated carbocycles. The van der Waals surface area contributed by atoms with Gasteiger partial charge in [-0.3, -0.25) is 0 Å². The summed E-state index contributed by atoms with van der Waals surface area (Å²) in [7, 11) is 0. The molecule has 0 fully saturated rings. The number of rotatable bonds is 2. The van der Waals surface area contributed by atoms with Crippen molar-refractivity contribution in [1.82, 2.24) is 0 Å². The summed E-state index contributed by atoms with van der Waals surface area (Å²) in [6.07, 6.45) is 5.10. The first kappa shape index (κ1) is 10.5. The Kier molecular flexibility index (Phi) is 8.57. The Labute approximate surface area is 55.1 Å². The molecule has 0 unspecified atom stereocenters. The predicted octanol–water partition coefficient (Wildman–Crippen LogP) is 1.35. The van der Waals surface area contributed by atoms with E-state index in [0.29, 0.717) is 0 Å². The number of allylic oxidation sites excluding steroid dienone is 3. The van der Waals surface area contributed by atoms with Gasteiger partial charge in [-0.1, -0.05) is 25.3 Å². The van der Waals surface area contributed by atoms with Gasteiger partial charge in [0.2, 0.25) is 0 Å². The van der Waals surface area contributed by atoms with Crippen LogP contribution >= 0.6 is 12.6 Å². The van der Waals surface area contributed by atoms with Crippen molar-refractivity contribution in [2.75, 3.05) is 0 Å². The first-order valence-corrected chi connectivity index (χ1v) is 2.40. The molecule has 1 nitrogen and oxygen atoms in total. The van der Waals surface area contributed by atoms with Gasteiger partial charge in [0.25, 0.3) is 0 Å². The number of hydrogen-bond donors (Lipinski definition) is 1. The summed E-state index contributed by atoms with van der Waals surface area (Å²) in [5.74, 6) is 0. The van der Waals surface area contributed by atoms with E-state index < -0.39 is 0 Å². The summed E-state index contributed by atoms with van der Waals surface area (Å²) in [6, 6.07) is 0. The summed E-state index contributed by atoms with van der Waals surface area (Å²) in [5, 5.41) is 0. The monoisotopic (exact) mass is 130 g/mol. The van der Waals surface area contributed by atoms with Crippen LogP contribution in [0.1, 0.15) is 0 Å². The van der Waals surface area contributed by atoms with E-state index in [1.165, 1.54) is 0 Å². The van der Waals surface area contributed by atoms with Crippen LogP contribution in [0.15, 0.2) is 36.3 Å². The number of hydrogen-bond acceptors (Lipinski definition) is 1. The summed E-state index contributed by atoms with van der Waals surface area (Å²) in [6.45, 7) is 6.96. The highest BCUT2D eigenvalue weighted by Gasteiger charge is 1.70. The highest BCUT2D eigenvalue weighted by molar-refractivity contribution is 7.84. The van der Waals surface area contributed by atoms with Crippen LogP contribution in [0, 0.1) is 0 Å². The SMILES string of the molecule is C=C/C=C(/S)C=C.O. The van der Waals surface area contributed by atoms with Gasteiger partial charge in [-0.15, -0.1) is 12.6 Å². The molecular weight excluding hydrogens is 120 g/mol. The first-order chi connectivity index (χ1) is 3.31. The molecule has 8 heavy (non-hydrogen) atoms. The Morgan fingerprint density at radius 1 is 1.38 bits per heavy atom. The molecule has 0 bridgehead atoms. The molecule has 0 rings (SSSR count). The van der Waals surface area contributed by atoms with Gasteiger partial charge in [-0.05, 0) is 6.08 Å². The molecule has 0 atom stereocenters. The Balaban J connectivity index is 0. The summed E-state index contributed by atoms with van der Waals surface area (Å²) < 4.78 is 0. The average Bonchev–Trinajstić information content (AvgIpc) is 1.68. The Morgan fingerprint density at radius 2 is 1.88 bits per heavy atom. The molecule has 0 aliphatic heterocycles. The molecule has 0 spiro atoms. The van der Waals surface area contributed by atoms with E-state index in [-0.39, 0.29) is 5.48 Å².